The van der Waals surface area contributed by atoms with Gasteiger partial charge in [-0.25, -0.2) is 22.1 Å². The van der Waals surface area contributed by atoms with Gasteiger partial charge in [-0.3, -0.25) is 0 Å². The molecule has 0 amide bonds. The summed E-state index contributed by atoms with van der Waals surface area (Å²) in [6.07, 6.45) is 3.04. The van der Waals surface area contributed by atoms with Crippen LogP contribution in [0, 0.1) is 5.82 Å². The zero-order valence-corrected chi connectivity index (χ0v) is 26.1. The average molecular weight is 631 g/mol. The lowest BCUT2D eigenvalue weighted by Gasteiger charge is -2.38. The summed E-state index contributed by atoms with van der Waals surface area (Å²) in [4.78, 5) is 5.80. The van der Waals surface area contributed by atoms with E-state index in [1.165, 1.54) is 37.6 Å². The van der Waals surface area contributed by atoms with Crippen LogP contribution in [-0.2, 0) is 29.4 Å². The molecule has 4 aromatic rings. The minimum Gasteiger partial charge on any atom is -0.497 e. The van der Waals surface area contributed by atoms with Gasteiger partial charge in [-0.05, 0) is 62.3 Å². The SMILES string of the molecule is COc1ccc(CN(c2nccs2)S(=O)(=O)c2cc(Cl)c(N[C@H]3Cc4ccccc4CC3N(C)C)cc2F)c(OC)c1. The second-order valence-electron chi connectivity index (χ2n) is 10.2. The summed E-state index contributed by atoms with van der Waals surface area (Å²) in [5.74, 6) is 0.0644. The Morgan fingerprint density at radius 2 is 1.81 bits per heavy atom. The van der Waals surface area contributed by atoms with Crippen molar-refractivity contribution in [3.8, 4) is 11.5 Å². The van der Waals surface area contributed by atoms with Crippen LogP contribution in [0.15, 0.2) is 71.1 Å². The summed E-state index contributed by atoms with van der Waals surface area (Å²) >= 11 is 7.78. The van der Waals surface area contributed by atoms with Crippen LogP contribution in [0.1, 0.15) is 16.7 Å². The van der Waals surface area contributed by atoms with Gasteiger partial charge in [0.05, 0.1) is 31.5 Å². The van der Waals surface area contributed by atoms with Gasteiger partial charge in [-0.2, -0.15) is 0 Å². The number of nitrogens with one attached hydrogen (secondary N) is 1. The Labute approximate surface area is 254 Å². The van der Waals surface area contributed by atoms with E-state index in [1.54, 1.807) is 23.6 Å². The van der Waals surface area contributed by atoms with E-state index in [9.17, 15) is 8.42 Å². The van der Waals surface area contributed by atoms with Gasteiger partial charge in [0.1, 0.15) is 22.2 Å². The summed E-state index contributed by atoms with van der Waals surface area (Å²) < 4.78 is 55.6. The molecule has 1 aliphatic rings. The lowest BCUT2D eigenvalue weighted by molar-refractivity contribution is 0.250. The van der Waals surface area contributed by atoms with Crippen molar-refractivity contribution in [2.24, 2.45) is 0 Å². The van der Waals surface area contributed by atoms with Crippen molar-refractivity contribution in [3.63, 3.8) is 0 Å². The van der Waals surface area contributed by atoms with E-state index in [1.807, 2.05) is 26.2 Å². The highest BCUT2D eigenvalue weighted by molar-refractivity contribution is 7.93. The fraction of sp³-hybridized carbons (Fsp3) is 0.300. The van der Waals surface area contributed by atoms with Crippen LogP contribution in [0.25, 0.3) is 0 Å². The topological polar surface area (TPSA) is 84.0 Å². The lowest BCUT2D eigenvalue weighted by Crippen LogP contribution is -2.48. The number of hydrogen-bond donors (Lipinski definition) is 1. The van der Waals surface area contributed by atoms with Gasteiger partial charge in [0.15, 0.2) is 5.13 Å². The van der Waals surface area contributed by atoms with E-state index in [0.717, 1.165) is 34.6 Å². The van der Waals surface area contributed by atoms with Crippen LogP contribution in [0.4, 0.5) is 15.2 Å². The Hall–Kier alpha value is -3.38. The van der Waals surface area contributed by atoms with Crippen LogP contribution >= 0.6 is 22.9 Å². The van der Waals surface area contributed by atoms with Crippen molar-refractivity contribution < 1.29 is 22.3 Å². The number of likely N-dealkylation sites (N-methyl/N-ethyl adjacent to an activating group) is 1. The molecule has 5 rings (SSSR count). The van der Waals surface area contributed by atoms with Gasteiger partial charge in [0.25, 0.3) is 10.0 Å². The molecule has 222 valence electrons. The molecule has 1 aliphatic carbocycles. The maximum Gasteiger partial charge on any atom is 0.269 e. The minimum atomic E-state index is -4.43. The zero-order valence-electron chi connectivity index (χ0n) is 23.7. The van der Waals surface area contributed by atoms with E-state index < -0.39 is 20.7 Å². The molecule has 0 fully saturated rings. The van der Waals surface area contributed by atoms with E-state index in [0.29, 0.717) is 22.7 Å². The Kier molecular flexibility index (Phi) is 8.93. The number of halogens is 2. The molecule has 0 bridgehead atoms. The molecule has 1 heterocycles. The Morgan fingerprint density at radius 1 is 1.07 bits per heavy atom. The highest BCUT2D eigenvalue weighted by Crippen LogP contribution is 2.36. The summed E-state index contributed by atoms with van der Waals surface area (Å²) in [7, 11) is 2.60. The van der Waals surface area contributed by atoms with Crippen molar-refractivity contribution in [1.82, 2.24) is 9.88 Å². The quantitative estimate of drug-likeness (QED) is 0.235. The van der Waals surface area contributed by atoms with Gasteiger partial charge < -0.3 is 19.7 Å². The third-order valence-corrected chi connectivity index (χ3v) is 10.5. The number of hydrogen-bond acceptors (Lipinski definition) is 8. The van der Waals surface area contributed by atoms with Gasteiger partial charge in [0.2, 0.25) is 0 Å². The average Bonchev–Trinajstić information content (AvgIpc) is 3.51. The van der Waals surface area contributed by atoms with Crippen molar-refractivity contribution in [3.05, 3.63) is 93.7 Å². The molecule has 0 saturated carbocycles. The second kappa shape index (κ2) is 12.5. The summed E-state index contributed by atoms with van der Waals surface area (Å²) in [5.41, 5.74) is 3.39. The first-order valence-electron chi connectivity index (χ1n) is 13.2. The smallest absolute Gasteiger partial charge is 0.269 e. The maximum atomic E-state index is 15.8. The Bertz CT molecular complexity index is 1670. The molecule has 1 unspecified atom stereocenters. The Morgan fingerprint density at radius 3 is 2.45 bits per heavy atom. The maximum absolute atomic E-state index is 15.8. The van der Waals surface area contributed by atoms with Crippen molar-refractivity contribution in [1.29, 1.82) is 0 Å². The number of nitrogens with zero attached hydrogens (tertiary/aromatic N) is 3. The number of aromatic nitrogens is 1. The fourth-order valence-electron chi connectivity index (χ4n) is 5.27. The minimum absolute atomic E-state index is 0.0661. The molecule has 0 spiro atoms. The summed E-state index contributed by atoms with van der Waals surface area (Å²) in [6, 6.07) is 15.7. The van der Waals surface area contributed by atoms with Crippen LogP contribution in [0.2, 0.25) is 5.02 Å². The van der Waals surface area contributed by atoms with E-state index in [-0.39, 0.29) is 28.8 Å². The largest absolute Gasteiger partial charge is 0.497 e. The number of rotatable bonds is 10. The highest BCUT2D eigenvalue weighted by atomic mass is 35.5. The molecule has 0 radical (unpaired) electrons. The van der Waals surface area contributed by atoms with Gasteiger partial charge >= 0.3 is 0 Å². The number of benzene rings is 3. The summed E-state index contributed by atoms with van der Waals surface area (Å²) in [6.45, 7) is -0.147. The van der Waals surface area contributed by atoms with Crippen molar-refractivity contribution in [2.45, 2.75) is 36.4 Å². The predicted octanol–water partition coefficient (Wildman–Crippen LogP) is 5.86. The number of thiazole rings is 1. The third kappa shape index (κ3) is 6.05. The number of anilines is 2. The van der Waals surface area contributed by atoms with Gasteiger partial charge in [-0.1, -0.05) is 35.9 Å². The zero-order chi connectivity index (χ0) is 30.0. The van der Waals surface area contributed by atoms with E-state index in [2.05, 4.69) is 27.3 Å². The van der Waals surface area contributed by atoms with Crippen LogP contribution in [0.3, 0.4) is 0 Å². The molecule has 8 nitrogen and oxygen atoms in total. The van der Waals surface area contributed by atoms with Crippen molar-refractivity contribution >= 4 is 43.8 Å². The monoisotopic (exact) mass is 630 g/mol. The second-order valence-corrected chi connectivity index (χ2v) is 13.3. The standard InChI is InChI=1S/C30H32ClFN4O4S2/c1-35(2)27-14-20-8-6-5-7-19(20)13-26(27)34-25-17-24(32)29(16-23(25)31)42(37,38)36(30-33-11-12-41-30)18-21-9-10-22(39-3)15-28(21)40-4/h5-12,15-17,26-27,34H,13-14,18H2,1-4H3/t26-,27?/m0/s1. The van der Waals surface area contributed by atoms with E-state index >= 15 is 4.39 Å². The molecule has 1 N–H and O–H groups in total. The lowest BCUT2D eigenvalue weighted by atomic mass is 9.84. The molecular formula is C30H32ClFN4O4S2. The van der Waals surface area contributed by atoms with Crippen LogP contribution < -0.4 is 19.1 Å². The molecular weight excluding hydrogens is 599 g/mol. The molecule has 12 heteroatoms. The van der Waals surface area contributed by atoms with Gasteiger partial charge in [0, 0.05) is 35.3 Å². The first kappa shape index (κ1) is 30.1. The van der Waals surface area contributed by atoms with Crippen molar-refractivity contribution in [2.75, 3.05) is 37.9 Å². The first-order chi connectivity index (χ1) is 20.1. The fourth-order valence-corrected chi connectivity index (χ4v) is 7.90. The molecule has 2 atom stereocenters. The normalized spacial score (nSPS) is 16.6. The molecule has 0 aliphatic heterocycles. The predicted molar refractivity (Wildman–Crippen MR) is 165 cm³/mol. The third-order valence-electron chi connectivity index (χ3n) is 7.49. The molecule has 42 heavy (non-hydrogen) atoms. The Balaban J connectivity index is 1.48. The van der Waals surface area contributed by atoms with E-state index in [4.69, 9.17) is 21.1 Å². The molecule has 1 aromatic heterocycles. The number of ether oxygens (including phenoxy) is 2. The number of methoxy groups -OCH3 is 2. The number of sulfonamides is 1. The van der Waals surface area contributed by atoms with Crippen LogP contribution in [0.5, 0.6) is 11.5 Å². The molecule has 3 aromatic carbocycles. The highest BCUT2D eigenvalue weighted by Gasteiger charge is 2.34. The first-order valence-corrected chi connectivity index (χ1v) is 15.9. The van der Waals surface area contributed by atoms with Crippen LogP contribution in [-0.4, -0.2) is 58.7 Å². The summed E-state index contributed by atoms with van der Waals surface area (Å²) in [5, 5.41) is 5.34. The number of fused-ring (bicyclic) bond motifs is 1. The molecule has 0 saturated heterocycles. The van der Waals surface area contributed by atoms with Gasteiger partial charge in [-0.15, -0.1) is 11.3 Å².